The molecule has 8 nitrogen and oxygen atoms in total. The number of hydrogen-bond acceptors (Lipinski definition) is 5. The highest BCUT2D eigenvalue weighted by Crippen LogP contribution is 2.42. The van der Waals surface area contributed by atoms with E-state index in [0.29, 0.717) is 12.1 Å². The first-order valence-corrected chi connectivity index (χ1v) is 10.9. The maximum atomic E-state index is 13.9. The van der Waals surface area contributed by atoms with Gasteiger partial charge in [-0.15, -0.1) is 0 Å². The van der Waals surface area contributed by atoms with Crippen LogP contribution in [-0.2, 0) is 17.8 Å². The Balaban J connectivity index is 1.47. The molecule has 1 aliphatic carbocycles. The van der Waals surface area contributed by atoms with Crippen LogP contribution in [0, 0.1) is 23.4 Å². The Hall–Kier alpha value is -3.34. The summed E-state index contributed by atoms with van der Waals surface area (Å²) in [6.45, 7) is 1.61. The fraction of sp³-hybridized carbons (Fsp3) is 0.435. The van der Waals surface area contributed by atoms with Crippen molar-refractivity contribution in [1.82, 2.24) is 14.8 Å². The minimum absolute atomic E-state index is 0.00622. The average molecular weight is 477 g/mol. The van der Waals surface area contributed by atoms with Crippen LogP contribution >= 0.6 is 0 Å². The lowest BCUT2D eigenvalue weighted by Gasteiger charge is -2.47. The third kappa shape index (κ3) is 3.37. The molecule has 0 unspecified atom stereocenters. The van der Waals surface area contributed by atoms with E-state index in [2.05, 4.69) is 5.32 Å². The molecule has 2 aromatic rings. The van der Waals surface area contributed by atoms with Gasteiger partial charge in [0.2, 0.25) is 5.43 Å². The number of halogens is 3. The van der Waals surface area contributed by atoms with Gasteiger partial charge in [0.05, 0.1) is 19.8 Å². The largest absolute Gasteiger partial charge is 0.491 e. The molecule has 1 saturated carbocycles. The lowest BCUT2D eigenvalue weighted by atomic mass is 9.98. The number of nitrogens with one attached hydrogen (secondary N) is 1. The first-order chi connectivity index (χ1) is 16.2. The summed E-state index contributed by atoms with van der Waals surface area (Å²) in [7, 11) is 1.23. The normalized spacial score (nSPS) is 25.1. The third-order valence-electron chi connectivity index (χ3n) is 6.95. The van der Waals surface area contributed by atoms with Crippen LogP contribution in [0.3, 0.4) is 0 Å². The van der Waals surface area contributed by atoms with Crippen LogP contribution in [-0.4, -0.2) is 46.8 Å². The molecule has 11 heteroatoms. The summed E-state index contributed by atoms with van der Waals surface area (Å²) in [5.41, 5.74) is -1.71. The second-order valence-electron chi connectivity index (χ2n) is 8.78. The summed E-state index contributed by atoms with van der Waals surface area (Å²) in [5, 5.41) is 2.28. The van der Waals surface area contributed by atoms with Gasteiger partial charge in [-0.3, -0.25) is 14.4 Å². The molecule has 2 bridgehead atoms. The second-order valence-corrected chi connectivity index (χ2v) is 8.78. The number of hydrogen-bond donors (Lipinski definition) is 1. The highest BCUT2D eigenvalue weighted by Gasteiger charge is 2.51. The van der Waals surface area contributed by atoms with Crippen molar-refractivity contribution in [2.24, 2.45) is 5.92 Å². The molecular weight excluding hydrogens is 455 g/mol. The Morgan fingerprint density at radius 1 is 1.21 bits per heavy atom. The van der Waals surface area contributed by atoms with E-state index in [0.717, 1.165) is 12.8 Å². The number of fused-ring (bicyclic) bond motifs is 5. The van der Waals surface area contributed by atoms with Gasteiger partial charge < -0.3 is 24.3 Å². The summed E-state index contributed by atoms with van der Waals surface area (Å²) in [4.78, 5) is 40.9. The van der Waals surface area contributed by atoms with Gasteiger partial charge in [-0.25, -0.2) is 13.2 Å². The zero-order chi connectivity index (χ0) is 24.3. The molecule has 34 heavy (non-hydrogen) atoms. The predicted octanol–water partition coefficient (Wildman–Crippen LogP) is 2.18. The fourth-order valence-corrected chi connectivity index (χ4v) is 5.24. The summed E-state index contributed by atoms with van der Waals surface area (Å²) >= 11 is 0. The van der Waals surface area contributed by atoms with Crippen molar-refractivity contribution < 1.29 is 32.2 Å². The summed E-state index contributed by atoms with van der Waals surface area (Å²) < 4.78 is 53.8. The van der Waals surface area contributed by atoms with Gasteiger partial charge in [0.1, 0.15) is 23.0 Å². The minimum Gasteiger partial charge on any atom is -0.491 e. The molecule has 180 valence electrons. The number of pyridine rings is 1. The van der Waals surface area contributed by atoms with Crippen molar-refractivity contribution in [2.75, 3.05) is 7.11 Å². The maximum absolute atomic E-state index is 13.9. The van der Waals surface area contributed by atoms with Crippen LogP contribution in [0.25, 0.3) is 0 Å². The van der Waals surface area contributed by atoms with E-state index < -0.39 is 53.0 Å². The van der Waals surface area contributed by atoms with Gasteiger partial charge in [0.25, 0.3) is 11.8 Å². The molecule has 2 amide bonds. The molecule has 0 radical (unpaired) electrons. The number of carbonyl (C=O) groups excluding carboxylic acids is 2. The van der Waals surface area contributed by atoms with Crippen LogP contribution in [0.5, 0.6) is 5.75 Å². The Morgan fingerprint density at radius 2 is 1.91 bits per heavy atom. The third-order valence-corrected chi connectivity index (χ3v) is 6.95. The van der Waals surface area contributed by atoms with Crippen molar-refractivity contribution in [3.63, 3.8) is 0 Å². The van der Waals surface area contributed by atoms with E-state index in [1.807, 2.05) is 6.92 Å². The zero-order valence-electron chi connectivity index (χ0n) is 18.4. The van der Waals surface area contributed by atoms with Crippen molar-refractivity contribution in [3.05, 3.63) is 62.8 Å². The quantitative estimate of drug-likeness (QED) is 0.729. The standard InChI is InChI=1S/C23H22F3N3O5/c1-10-16-3-4-17(10)34-18-9-28-8-13(20(30)21(33-2)19(28)23(32)29(16)18)22(31)27-7-12-14(25)5-11(24)6-15(12)26/h5-6,8,10,16-18H,3-4,7,9H2,1-2H3,(H,27,31)/t10-,16-,17+,18+/m1/s1. The van der Waals surface area contributed by atoms with Crippen LogP contribution in [0.15, 0.2) is 23.1 Å². The number of nitrogens with zero attached hydrogens (tertiary/aromatic N) is 2. The van der Waals surface area contributed by atoms with Crippen LogP contribution in [0.4, 0.5) is 13.2 Å². The molecule has 1 aromatic heterocycles. The molecule has 0 spiro atoms. The average Bonchev–Trinajstić information content (AvgIpc) is 3.01. The molecule has 4 atom stereocenters. The van der Waals surface area contributed by atoms with Gasteiger partial charge in [0.15, 0.2) is 17.7 Å². The van der Waals surface area contributed by atoms with Gasteiger partial charge in [-0.05, 0) is 12.8 Å². The highest BCUT2D eigenvalue weighted by molar-refractivity contribution is 5.99. The van der Waals surface area contributed by atoms with Gasteiger partial charge in [-0.1, -0.05) is 6.92 Å². The molecular formula is C23H22F3N3O5. The van der Waals surface area contributed by atoms with Gasteiger partial charge in [-0.2, -0.15) is 0 Å². The summed E-state index contributed by atoms with van der Waals surface area (Å²) in [6.07, 6.45) is 2.36. The molecule has 5 rings (SSSR count). The molecule has 3 aliphatic rings. The molecule has 3 heterocycles. The number of aromatic nitrogens is 1. The minimum atomic E-state index is -1.17. The lowest BCUT2D eigenvalue weighted by Crippen LogP contribution is -2.60. The van der Waals surface area contributed by atoms with Crippen molar-refractivity contribution in [2.45, 2.75) is 51.2 Å². The topological polar surface area (TPSA) is 89.9 Å². The predicted molar refractivity (Wildman–Crippen MR) is 112 cm³/mol. The molecule has 2 fully saturated rings. The van der Waals surface area contributed by atoms with Crippen molar-refractivity contribution in [3.8, 4) is 5.75 Å². The van der Waals surface area contributed by atoms with Crippen LogP contribution in [0.2, 0.25) is 0 Å². The SMILES string of the molecule is COc1c2n(cc(C(=O)NCc3c(F)cc(F)cc3F)c1=O)C[C@@H]1O[C@H]3CC[C@H]([C@H]3C)N1C2=O. The number of methoxy groups -OCH3 is 1. The Bertz CT molecular complexity index is 1240. The Kier molecular flexibility index (Phi) is 5.38. The summed E-state index contributed by atoms with van der Waals surface area (Å²) in [5.74, 6) is -4.87. The van der Waals surface area contributed by atoms with E-state index in [1.165, 1.54) is 17.9 Å². The van der Waals surface area contributed by atoms with Gasteiger partial charge in [0, 0.05) is 42.4 Å². The van der Waals surface area contributed by atoms with E-state index >= 15 is 0 Å². The van der Waals surface area contributed by atoms with E-state index in [-0.39, 0.29) is 41.6 Å². The van der Waals surface area contributed by atoms with Crippen molar-refractivity contribution >= 4 is 11.8 Å². The first-order valence-electron chi connectivity index (χ1n) is 10.9. The zero-order valence-corrected chi connectivity index (χ0v) is 18.4. The van der Waals surface area contributed by atoms with Crippen LogP contribution < -0.4 is 15.5 Å². The number of benzene rings is 1. The number of amides is 2. The molecule has 1 saturated heterocycles. The Morgan fingerprint density at radius 3 is 2.59 bits per heavy atom. The molecule has 2 aliphatic heterocycles. The molecule has 1 aromatic carbocycles. The number of carbonyl (C=O) groups is 2. The Labute approximate surface area is 192 Å². The first kappa shape index (κ1) is 22.5. The van der Waals surface area contributed by atoms with E-state index in [4.69, 9.17) is 9.47 Å². The maximum Gasteiger partial charge on any atom is 0.276 e. The highest BCUT2D eigenvalue weighted by atomic mass is 19.1. The fourth-order valence-electron chi connectivity index (χ4n) is 5.24. The van der Waals surface area contributed by atoms with E-state index in [1.54, 1.807) is 4.90 Å². The lowest BCUT2D eigenvalue weighted by molar-refractivity contribution is -0.155. The molecule has 1 N–H and O–H groups in total. The van der Waals surface area contributed by atoms with Crippen LogP contribution in [0.1, 0.15) is 46.2 Å². The van der Waals surface area contributed by atoms with E-state index in [9.17, 15) is 27.6 Å². The van der Waals surface area contributed by atoms with Crippen molar-refractivity contribution in [1.29, 1.82) is 0 Å². The monoisotopic (exact) mass is 477 g/mol. The second kappa shape index (κ2) is 8.15. The number of rotatable bonds is 4. The number of ether oxygens (including phenoxy) is 2. The summed E-state index contributed by atoms with van der Waals surface area (Å²) in [6, 6.07) is 0.988. The smallest absolute Gasteiger partial charge is 0.276 e. The van der Waals surface area contributed by atoms with Gasteiger partial charge >= 0.3 is 0 Å².